The number of hydrogen-bond donors (Lipinski definition) is 2. The fourth-order valence-electron chi connectivity index (χ4n) is 4.23. The van der Waals surface area contributed by atoms with Gasteiger partial charge in [-0.3, -0.25) is 4.79 Å². The third-order valence-electron chi connectivity index (χ3n) is 5.70. The van der Waals surface area contributed by atoms with Crippen molar-refractivity contribution in [3.8, 4) is 11.1 Å². The van der Waals surface area contributed by atoms with Crippen LogP contribution in [-0.2, 0) is 16.0 Å². The van der Waals surface area contributed by atoms with E-state index >= 15 is 0 Å². The number of ether oxygens (including phenoxy) is 1. The quantitative estimate of drug-likeness (QED) is 0.543. The average Bonchev–Trinajstić information content (AvgIpc) is 3.10. The van der Waals surface area contributed by atoms with Gasteiger partial charge in [0.2, 0.25) is 0 Å². The second-order valence-corrected chi connectivity index (χ2v) is 7.79. The van der Waals surface area contributed by atoms with Crippen molar-refractivity contribution in [3.05, 3.63) is 95.6 Å². The minimum Gasteiger partial charge on any atom is -0.481 e. The van der Waals surface area contributed by atoms with Crippen LogP contribution in [0.4, 0.5) is 4.79 Å². The normalized spacial score (nSPS) is 13.2. The van der Waals surface area contributed by atoms with Crippen LogP contribution in [0.15, 0.2) is 78.9 Å². The van der Waals surface area contributed by atoms with Gasteiger partial charge in [-0.25, -0.2) is 4.79 Å². The lowest BCUT2D eigenvalue weighted by Crippen LogP contribution is -2.37. The first-order valence-corrected chi connectivity index (χ1v) is 10.5. The zero-order valence-corrected chi connectivity index (χ0v) is 17.2. The highest BCUT2D eigenvalue weighted by Gasteiger charge is 2.29. The number of carboxylic acid groups (broad SMARTS) is 1. The van der Waals surface area contributed by atoms with Crippen LogP contribution in [-0.4, -0.2) is 29.8 Å². The summed E-state index contributed by atoms with van der Waals surface area (Å²) < 4.78 is 5.62. The first-order chi connectivity index (χ1) is 15.1. The largest absolute Gasteiger partial charge is 0.481 e. The van der Waals surface area contributed by atoms with Crippen molar-refractivity contribution in [2.24, 2.45) is 0 Å². The van der Waals surface area contributed by atoms with Gasteiger partial charge >= 0.3 is 12.1 Å². The van der Waals surface area contributed by atoms with Crippen LogP contribution < -0.4 is 5.32 Å². The van der Waals surface area contributed by atoms with Crippen molar-refractivity contribution in [1.29, 1.82) is 0 Å². The molecule has 0 bridgehead atoms. The average molecular weight is 415 g/mol. The van der Waals surface area contributed by atoms with Crippen LogP contribution in [0.25, 0.3) is 11.1 Å². The first kappa shape index (κ1) is 20.7. The molecular weight excluding hydrogens is 390 g/mol. The molecule has 0 unspecified atom stereocenters. The monoisotopic (exact) mass is 415 g/mol. The summed E-state index contributed by atoms with van der Waals surface area (Å²) in [5.74, 6) is -0.892. The number of nitrogens with one attached hydrogen (secondary N) is 1. The van der Waals surface area contributed by atoms with E-state index in [9.17, 15) is 9.59 Å². The van der Waals surface area contributed by atoms with Crippen LogP contribution in [0.1, 0.15) is 35.4 Å². The molecule has 5 nitrogen and oxygen atoms in total. The molecule has 0 fully saturated rings. The second-order valence-electron chi connectivity index (χ2n) is 7.79. The summed E-state index contributed by atoms with van der Waals surface area (Å²) in [4.78, 5) is 23.6. The Kier molecular flexibility index (Phi) is 6.32. The zero-order valence-electron chi connectivity index (χ0n) is 17.2. The Bertz CT molecular complexity index is 1020. The second kappa shape index (κ2) is 9.47. The van der Waals surface area contributed by atoms with Gasteiger partial charge in [-0.1, -0.05) is 78.9 Å². The number of carboxylic acids is 1. The van der Waals surface area contributed by atoms with Crippen molar-refractivity contribution in [3.63, 3.8) is 0 Å². The molecule has 0 spiro atoms. The smallest absolute Gasteiger partial charge is 0.407 e. The van der Waals surface area contributed by atoms with Gasteiger partial charge in [0, 0.05) is 18.4 Å². The Morgan fingerprint density at radius 2 is 1.45 bits per heavy atom. The number of hydrogen-bond acceptors (Lipinski definition) is 3. The molecule has 1 aliphatic rings. The van der Waals surface area contributed by atoms with Crippen LogP contribution in [0.3, 0.4) is 0 Å². The van der Waals surface area contributed by atoms with Gasteiger partial charge in [-0.15, -0.1) is 0 Å². The van der Waals surface area contributed by atoms with E-state index < -0.39 is 12.1 Å². The molecule has 0 aliphatic heterocycles. The number of benzene rings is 3. The molecule has 3 aromatic rings. The maximum Gasteiger partial charge on any atom is 0.407 e. The van der Waals surface area contributed by atoms with Gasteiger partial charge in [0.15, 0.2) is 0 Å². The van der Waals surface area contributed by atoms with Crippen molar-refractivity contribution in [2.75, 3.05) is 6.61 Å². The van der Waals surface area contributed by atoms with Gasteiger partial charge in [0.1, 0.15) is 6.61 Å². The molecule has 1 amide bonds. The third-order valence-corrected chi connectivity index (χ3v) is 5.70. The van der Waals surface area contributed by atoms with E-state index in [-0.39, 0.29) is 25.0 Å². The summed E-state index contributed by atoms with van der Waals surface area (Å²) in [5.41, 5.74) is 5.70. The number of rotatable bonds is 8. The van der Waals surface area contributed by atoms with E-state index in [0.29, 0.717) is 12.8 Å². The molecule has 5 heteroatoms. The fourth-order valence-corrected chi connectivity index (χ4v) is 4.23. The predicted molar refractivity (Wildman–Crippen MR) is 119 cm³/mol. The lowest BCUT2D eigenvalue weighted by molar-refractivity contribution is -0.137. The molecule has 31 heavy (non-hydrogen) atoms. The summed E-state index contributed by atoms with van der Waals surface area (Å²) in [6, 6.07) is 25.8. The lowest BCUT2D eigenvalue weighted by atomic mass is 9.98. The van der Waals surface area contributed by atoms with Gasteiger partial charge in [0.25, 0.3) is 0 Å². The fraction of sp³-hybridized carbons (Fsp3) is 0.231. The minimum absolute atomic E-state index is 0.00950. The molecule has 0 aromatic heterocycles. The molecule has 0 heterocycles. The highest BCUT2D eigenvalue weighted by molar-refractivity contribution is 5.79. The van der Waals surface area contributed by atoms with Crippen molar-refractivity contribution < 1.29 is 19.4 Å². The maximum atomic E-state index is 12.6. The van der Waals surface area contributed by atoms with E-state index in [4.69, 9.17) is 9.84 Å². The Morgan fingerprint density at radius 1 is 0.871 bits per heavy atom. The van der Waals surface area contributed by atoms with Crippen molar-refractivity contribution in [2.45, 2.75) is 31.2 Å². The van der Waals surface area contributed by atoms with Crippen LogP contribution in [0.5, 0.6) is 0 Å². The van der Waals surface area contributed by atoms with Crippen LogP contribution in [0, 0.1) is 0 Å². The Labute approximate surface area is 181 Å². The maximum absolute atomic E-state index is 12.6. The highest BCUT2D eigenvalue weighted by Crippen LogP contribution is 2.44. The number of amides is 1. The van der Waals surface area contributed by atoms with Gasteiger partial charge < -0.3 is 15.2 Å². The van der Waals surface area contributed by atoms with Gasteiger partial charge in [0.05, 0.1) is 0 Å². The summed E-state index contributed by atoms with van der Waals surface area (Å²) >= 11 is 0. The van der Waals surface area contributed by atoms with E-state index in [2.05, 4.69) is 29.6 Å². The SMILES string of the molecule is O=C(O)CC[C@H](Cc1ccccc1)NC(=O)OCC1c2ccccc2-c2ccccc21. The Balaban J connectivity index is 1.42. The molecule has 4 rings (SSSR count). The molecule has 0 saturated carbocycles. The van der Waals surface area contributed by atoms with Crippen LogP contribution in [0.2, 0.25) is 0 Å². The van der Waals surface area contributed by atoms with E-state index in [1.54, 1.807) is 0 Å². The predicted octanol–water partition coefficient (Wildman–Crippen LogP) is 5.00. The standard InChI is InChI=1S/C26H25NO4/c28-25(29)15-14-19(16-18-8-2-1-3-9-18)27-26(30)31-17-24-22-12-6-4-10-20(22)21-11-5-7-13-23(21)24/h1-13,19,24H,14-17H2,(H,27,30)(H,28,29)/t19-/m1/s1. The molecular formula is C26H25NO4. The molecule has 2 N–H and O–H groups in total. The van der Waals surface area contributed by atoms with E-state index in [1.165, 1.54) is 11.1 Å². The summed E-state index contributed by atoms with van der Waals surface area (Å²) in [5, 5.41) is 11.9. The van der Waals surface area contributed by atoms with Crippen molar-refractivity contribution in [1.82, 2.24) is 5.32 Å². The molecule has 0 saturated heterocycles. The van der Waals surface area contributed by atoms with Gasteiger partial charge in [-0.05, 0) is 40.7 Å². The molecule has 158 valence electrons. The third kappa shape index (κ3) is 4.94. The molecule has 1 atom stereocenters. The number of carbonyl (C=O) groups is 2. The lowest BCUT2D eigenvalue weighted by Gasteiger charge is -2.20. The Hall–Kier alpha value is -3.60. The van der Waals surface area contributed by atoms with Crippen molar-refractivity contribution >= 4 is 12.1 Å². The summed E-state index contributed by atoms with van der Waals surface area (Å²) in [6.45, 7) is 0.233. The van der Waals surface area contributed by atoms with E-state index in [0.717, 1.165) is 16.7 Å². The molecule has 0 radical (unpaired) electrons. The minimum atomic E-state index is -0.882. The Morgan fingerprint density at radius 3 is 2.06 bits per heavy atom. The zero-order chi connectivity index (χ0) is 21.6. The first-order valence-electron chi connectivity index (χ1n) is 10.5. The van der Waals surface area contributed by atoms with Gasteiger partial charge in [-0.2, -0.15) is 0 Å². The topological polar surface area (TPSA) is 75.6 Å². The number of carbonyl (C=O) groups excluding carboxylic acids is 1. The van der Waals surface area contributed by atoms with Crippen LogP contribution >= 0.6 is 0 Å². The number of alkyl carbamates (subject to hydrolysis) is 1. The molecule has 1 aliphatic carbocycles. The highest BCUT2D eigenvalue weighted by atomic mass is 16.5. The summed E-state index contributed by atoms with van der Waals surface area (Å²) in [7, 11) is 0. The van der Waals surface area contributed by atoms with E-state index in [1.807, 2.05) is 54.6 Å². The number of fused-ring (bicyclic) bond motifs is 3. The number of aliphatic carboxylic acids is 1. The summed E-state index contributed by atoms with van der Waals surface area (Å²) in [6.07, 6.45) is 0.363. The molecule has 3 aromatic carbocycles.